The molecule has 0 fully saturated rings. The lowest BCUT2D eigenvalue weighted by Gasteiger charge is -2.32. The minimum Gasteiger partial charge on any atom is -0.461 e. The van der Waals surface area contributed by atoms with Crippen LogP contribution in [0.1, 0.15) is 31.7 Å². The average Bonchev–Trinajstić information content (AvgIpc) is 2.83. The van der Waals surface area contributed by atoms with E-state index in [1.165, 1.54) is 7.05 Å². The minimum absolute atomic E-state index is 0.0381. The number of nitrogens with zero attached hydrogens (tertiary/aromatic N) is 2. The summed E-state index contributed by atoms with van der Waals surface area (Å²) in [6.45, 7) is 3.32. The Hall–Kier alpha value is -4.09. The largest absolute Gasteiger partial charge is 0.461 e. The number of benzene rings is 2. The fourth-order valence-electron chi connectivity index (χ4n) is 3.84. The van der Waals surface area contributed by atoms with Crippen molar-refractivity contribution in [2.45, 2.75) is 26.2 Å². The van der Waals surface area contributed by atoms with E-state index in [4.69, 9.17) is 21.6 Å². The summed E-state index contributed by atoms with van der Waals surface area (Å²) in [5.41, 5.74) is 2.53. The molecule has 2 aromatic carbocycles. The number of carbonyl (C=O) groups is 3. The van der Waals surface area contributed by atoms with Crippen molar-refractivity contribution in [1.82, 2.24) is 10.2 Å². The van der Waals surface area contributed by atoms with Gasteiger partial charge in [0.25, 0.3) is 5.91 Å². The summed E-state index contributed by atoms with van der Waals surface area (Å²) < 4.78 is 5.31. The van der Waals surface area contributed by atoms with Crippen LogP contribution in [-0.2, 0) is 14.3 Å². The topological polar surface area (TPSA) is 112 Å². The normalized spacial score (nSPS) is 15.1. The zero-order valence-electron chi connectivity index (χ0n) is 19.6. The molecule has 1 unspecified atom stereocenters. The van der Waals surface area contributed by atoms with Gasteiger partial charge < -0.3 is 15.4 Å². The molecule has 0 saturated heterocycles. The van der Waals surface area contributed by atoms with Gasteiger partial charge in [-0.25, -0.2) is 9.59 Å². The molecule has 0 radical (unpaired) electrons. The molecule has 1 aliphatic heterocycles. The number of allylic oxidation sites excluding steroid dienone is 2. The van der Waals surface area contributed by atoms with Crippen molar-refractivity contribution in [2.75, 3.05) is 19.0 Å². The van der Waals surface area contributed by atoms with Gasteiger partial charge in [-0.3, -0.25) is 9.69 Å². The van der Waals surface area contributed by atoms with Crippen LogP contribution in [0.25, 0.3) is 0 Å². The number of hydrogen-bond acceptors (Lipinski definition) is 6. The number of dihydropyridines is 1. The quantitative estimate of drug-likeness (QED) is 0.445. The number of nitrogens with one attached hydrogen (secondary N) is 2. The van der Waals surface area contributed by atoms with Crippen LogP contribution in [-0.4, -0.2) is 36.5 Å². The van der Waals surface area contributed by atoms with Gasteiger partial charge in [0.2, 0.25) is 0 Å². The van der Waals surface area contributed by atoms with Gasteiger partial charge in [-0.1, -0.05) is 41.9 Å². The van der Waals surface area contributed by atoms with Crippen molar-refractivity contribution in [3.05, 3.63) is 87.7 Å². The molecule has 0 spiro atoms. The van der Waals surface area contributed by atoms with E-state index in [9.17, 15) is 14.4 Å². The molecule has 35 heavy (non-hydrogen) atoms. The van der Waals surface area contributed by atoms with Crippen LogP contribution < -0.4 is 10.6 Å². The zero-order chi connectivity index (χ0) is 25.5. The van der Waals surface area contributed by atoms with E-state index in [1.807, 2.05) is 12.1 Å². The predicted octanol–water partition coefficient (Wildman–Crippen LogP) is 4.72. The molecule has 180 valence electrons. The Balaban J connectivity index is 2.01. The molecule has 8 nitrogen and oxygen atoms in total. The van der Waals surface area contributed by atoms with Crippen molar-refractivity contribution in [3.8, 4) is 6.07 Å². The summed E-state index contributed by atoms with van der Waals surface area (Å²) in [6.07, 6.45) is 0.0381. The van der Waals surface area contributed by atoms with Gasteiger partial charge in [0.05, 0.1) is 24.0 Å². The first-order chi connectivity index (χ1) is 16.7. The second kappa shape index (κ2) is 11.4. The fraction of sp³-hybridized carbons (Fsp3) is 0.231. The van der Waals surface area contributed by atoms with Gasteiger partial charge in [-0.2, -0.15) is 5.26 Å². The molecule has 1 atom stereocenters. The summed E-state index contributed by atoms with van der Waals surface area (Å²) in [5, 5.41) is 15.0. The number of hydrogen-bond donors (Lipinski definition) is 2. The van der Waals surface area contributed by atoms with Crippen molar-refractivity contribution in [3.63, 3.8) is 0 Å². The molecular weight excluding hydrogens is 468 g/mol. The van der Waals surface area contributed by atoms with Crippen LogP contribution in [0.5, 0.6) is 0 Å². The van der Waals surface area contributed by atoms with E-state index in [1.54, 1.807) is 62.4 Å². The van der Waals surface area contributed by atoms with Crippen LogP contribution in [0.4, 0.5) is 10.5 Å². The number of nitriles is 1. The van der Waals surface area contributed by atoms with Crippen molar-refractivity contribution in [1.29, 1.82) is 5.26 Å². The van der Waals surface area contributed by atoms with Gasteiger partial charge in [0.1, 0.15) is 6.61 Å². The summed E-state index contributed by atoms with van der Waals surface area (Å²) in [7, 11) is 1.37. The Morgan fingerprint density at radius 2 is 1.77 bits per heavy atom. The maximum absolute atomic E-state index is 13.7. The molecule has 0 aliphatic carbocycles. The number of urea groups is 1. The number of halogens is 1. The number of esters is 1. The minimum atomic E-state index is -0.844. The Bertz CT molecular complexity index is 1250. The third kappa shape index (κ3) is 5.89. The second-order valence-corrected chi connectivity index (χ2v) is 8.33. The second-order valence-electron chi connectivity index (χ2n) is 7.89. The molecule has 0 saturated carbocycles. The van der Waals surface area contributed by atoms with Gasteiger partial charge in [0, 0.05) is 34.7 Å². The van der Waals surface area contributed by atoms with Crippen LogP contribution in [0.2, 0.25) is 5.02 Å². The number of anilines is 1. The van der Waals surface area contributed by atoms with Gasteiger partial charge in [-0.15, -0.1) is 0 Å². The molecule has 1 aliphatic rings. The summed E-state index contributed by atoms with van der Waals surface area (Å²) in [5.74, 6) is -2.10. The third-order valence-electron chi connectivity index (χ3n) is 5.47. The highest BCUT2D eigenvalue weighted by atomic mass is 35.5. The third-order valence-corrected chi connectivity index (χ3v) is 5.71. The molecule has 0 aromatic heterocycles. The van der Waals surface area contributed by atoms with Crippen molar-refractivity contribution < 1.29 is 19.1 Å². The average molecular weight is 493 g/mol. The first-order valence-electron chi connectivity index (χ1n) is 10.9. The molecule has 3 rings (SSSR count). The van der Waals surface area contributed by atoms with E-state index in [0.29, 0.717) is 27.7 Å². The van der Waals surface area contributed by atoms with Crippen molar-refractivity contribution in [2.24, 2.45) is 0 Å². The Kier molecular flexibility index (Phi) is 8.29. The molecular formula is C26H25ClN4O4. The predicted molar refractivity (Wildman–Crippen MR) is 132 cm³/mol. The number of para-hydroxylation sites is 1. The van der Waals surface area contributed by atoms with Gasteiger partial charge in [0.15, 0.2) is 0 Å². The number of carbonyl (C=O) groups excluding carboxylic acids is 3. The molecule has 2 aromatic rings. The van der Waals surface area contributed by atoms with Crippen LogP contribution in [0.15, 0.2) is 77.1 Å². The smallest absolute Gasteiger partial charge is 0.336 e. The van der Waals surface area contributed by atoms with Crippen LogP contribution >= 0.6 is 11.6 Å². The fourth-order valence-corrected chi connectivity index (χ4v) is 4.04. The molecule has 3 amide bonds. The molecule has 0 bridgehead atoms. The van der Waals surface area contributed by atoms with E-state index < -0.39 is 23.8 Å². The number of ether oxygens (including phenoxy) is 1. The van der Waals surface area contributed by atoms with Gasteiger partial charge >= 0.3 is 12.0 Å². The summed E-state index contributed by atoms with van der Waals surface area (Å²) >= 11 is 6.24. The number of likely N-dealkylation sites (N-methyl/N-ethyl adjacent to an activating group) is 1. The van der Waals surface area contributed by atoms with Crippen molar-refractivity contribution >= 4 is 35.2 Å². The first-order valence-corrected chi connectivity index (χ1v) is 11.2. The van der Waals surface area contributed by atoms with E-state index in [-0.39, 0.29) is 24.2 Å². The maximum Gasteiger partial charge on any atom is 0.336 e. The monoisotopic (exact) mass is 492 g/mol. The highest BCUT2D eigenvalue weighted by Crippen LogP contribution is 2.40. The molecule has 9 heteroatoms. The summed E-state index contributed by atoms with van der Waals surface area (Å²) in [6, 6.07) is 16.9. The SMILES string of the molecule is CC1=C(C(=O)OCCC#N)C(c2cccc(Cl)c2)C(C(=O)N(C)C(=O)Nc2ccccc2)=C(C)N1. The standard InChI is InChI=1S/C26H25ClN4O4/c1-16-21(24(32)31(3)26(34)30-20-11-5-4-6-12-20)23(18-9-7-10-19(27)15-18)22(17(2)29-16)25(33)35-14-8-13-28/h4-7,9-12,15,23,29H,8,14H2,1-3H3,(H,30,34). The Morgan fingerprint density at radius 3 is 2.43 bits per heavy atom. The van der Waals surface area contributed by atoms with E-state index >= 15 is 0 Å². The lowest BCUT2D eigenvalue weighted by Crippen LogP contribution is -2.42. The number of amides is 3. The van der Waals surface area contributed by atoms with Crippen LogP contribution in [0, 0.1) is 11.3 Å². The lowest BCUT2D eigenvalue weighted by molar-refractivity contribution is -0.139. The first kappa shape index (κ1) is 25.5. The Labute approximate surface area is 208 Å². The highest BCUT2D eigenvalue weighted by molar-refractivity contribution is 6.30. The van der Waals surface area contributed by atoms with Crippen LogP contribution in [0.3, 0.4) is 0 Å². The Morgan fingerprint density at radius 1 is 1.09 bits per heavy atom. The number of imide groups is 1. The van der Waals surface area contributed by atoms with E-state index in [0.717, 1.165) is 4.90 Å². The summed E-state index contributed by atoms with van der Waals surface area (Å²) in [4.78, 5) is 40.6. The molecule has 1 heterocycles. The maximum atomic E-state index is 13.7. The lowest BCUT2D eigenvalue weighted by atomic mass is 9.80. The molecule has 2 N–H and O–H groups in total. The zero-order valence-corrected chi connectivity index (χ0v) is 20.3. The van der Waals surface area contributed by atoms with E-state index in [2.05, 4.69) is 10.6 Å². The number of rotatable bonds is 6. The highest BCUT2D eigenvalue weighted by Gasteiger charge is 2.39. The van der Waals surface area contributed by atoms with Gasteiger partial charge in [-0.05, 0) is 43.7 Å².